The van der Waals surface area contributed by atoms with Crippen molar-refractivity contribution in [3.63, 3.8) is 0 Å². The van der Waals surface area contributed by atoms with Gasteiger partial charge < -0.3 is 18.9 Å². The highest BCUT2D eigenvalue weighted by Gasteiger charge is 2.33. The molecule has 1 amide bonds. The Balaban J connectivity index is 1.48. The smallest absolute Gasteiger partial charge is 0.247 e. The van der Waals surface area contributed by atoms with Crippen molar-refractivity contribution >= 4 is 11.8 Å². The second-order valence-electron chi connectivity index (χ2n) is 5.99. The second kappa shape index (κ2) is 6.59. The highest BCUT2D eigenvalue weighted by Crippen LogP contribution is 2.35. The van der Waals surface area contributed by atoms with Gasteiger partial charge in [0.2, 0.25) is 24.8 Å². The van der Waals surface area contributed by atoms with Crippen LogP contribution in [0.5, 0.6) is 17.2 Å². The summed E-state index contributed by atoms with van der Waals surface area (Å²) >= 11 is 0. The van der Waals surface area contributed by atoms with Gasteiger partial charge in [0.05, 0.1) is 0 Å². The van der Waals surface area contributed by atoms with E-state index in [-0.39, 0.29) is 19.3 Å². The summed E-state index contributed by atoms with van der Waals surface area (Å²) in [7, 11) is 0. The number of hydrogen-bond donors (Lipinski definition) is 0. The van der Waals surface area contributed by atoms with Gasteiger partial charge in [0.15, 0.2) is 18.1 Å². The molecule has 1 atom stereocenters. The maximum absolute atomic E-state index is 12.0. The molecule has 7 nitrogen and oxygen atoms in total. The van der Waals surface area contributed by atoms with Gasteiger partial charge in [-0.15, -0.1) is 5.10 Å². The van der Waals surface area contributed by atoms with Crippen molar-refractivity contribution < 1.29 is 23.7 Å². The maximum atomic E-state index is 12.0. The van der Waals surface area contributed by atoms with Gasteiger partial charge in [-0.2, -0.15) is 5.01 Å². The molecule has 0 N–H and O–H groups in total. The zero-order valence-corrected chi connectivity index (χ0v) is 14.5. The lowest BCUT2D eigenvalue weighted by molar-refractivity contribution is -0.135. The van der Waals surface area contributed by atoms with E-state index in [0.717, 1.165) is 11.1 Å². The molecule has 0 bridgehead atoms. The first-order valence-electron chi connectivity index (χ1n) is 8.24. The summed E-state index contributed by atoms with van der Waals surface area (Å²) in [6.45, 7) is 3.74. The van der Waals surface area contributed by atoms with Crippen LogP contribution in [-0.4, -0.2) is 30.2 Å². The number of nitrogens with zero attached hydrogens (tertiary/aromatic N) is 2. The normalized spacial score (nSPS) is 17.7. The van der Waals surface area contributed by atoms with Crippen LogP contribution in [0.3, 0.4) is 0 Å². The molecule has 7 heteroatoms. The summed E-state index contributed by atoms with van der Waals surface area (Å²) < 4.78 is 22.2. The average molecular weight is 354 g/mol. The van der Waals surface area contributed by atoms with Crippen molar-refractivity contribution in [2.75, 3.05) is 13.4 Å². The van der Waals surface area contributed by atoms with E-state index < -0.39 is 6.23 Å². The van der Waals surface area contributed by atoms with Crippen LogP contribution < -0.4 is 14.2 Å². The molecule has 26 heavy (non-hydrogen) atoms. The maximum Gasteiger partial charge on any atom is 0.247 e. The van der Waals surface area contributed by atoms with Crippen LogP contribution in [0, 0.1) is 6.92 Å². The number of hydrazone groups is 1. The molecule has 0 saturated carbocycles. The molecule has 0 aliphatic carbocycles. The molecule has 2 heterocycles. The summed E-state index contributed by atoms with van der Waals surface area (Å²) in [5, 5.41) is 5.61. The van der Waals surface area contributed by atoms with Crippen molar-refractivity contribution in [2.24, 2.45) is 5.10 Å². The monoisotopic (exact) mass is 354 g/mol. The van der Waals surface area contributed by atoms with Crippen molar-refractivity contribution in [3.8, 4) is 17.2 Å². The molecule has 0 unspecified atom stereocenters. The fraction of sp³-hybridized carbons (Fsp3) is 0.263. The Kier molecular flexibility index (Phi) is 4.12. The Morgan fingerprint density at radius 1 is 1.23 bits per heavy atom. The highest BCUT2D eigenvalue weighted by atomic mass is 16.7. The van der Waals surface area contributed by atoms with E-state index >= 15 is 0 Å². The summed E-state index contributed by atoms with van der Waals surface area (Å²) in [4.78, 5) is 12.0. The van der Waals surface area contributed by atoms with Gasteiger partial charge in [0, 0.05) is 18.6 Å². The second-order valence-corrected chi connectivity index (χ2v) is 5.99. The zero-order valence-electron chi connectivity index (χ0n) is 14.5. The molecule has 0 aromatic heterocycles. The standard InChI is InChI=1S/C19H18N2O5/c1-12-5-3-4-6-15(12)19-21(13(2)22)20-18(26-19)10-23-14-7-8-16-17(9-14)25-11-24-16/h3-9,19H,10-11H2,1-2H3/t19-/m0/s1. The van der Waals surface area contributed by atoms with Crippen molar-refractivity contribution in [2.45, 2.75) is 20.1 Å². The zero-order chi connectivity index (χ0) is 18.1. The Morgan fingerprint density at radius 3 is 2.85 bits per heavy atom. The SMILES string of the molecule is CC(=O)N1N=C(COc2ccc3c(c2)OCO3)O[C@H]1c1ccccc1C. The predicted molar refractivity (Wildman–Crippen MR) is 93.0 cm³/mol. The fourth-order valence-corrected chi connectivity index (χ4v) is 2.84. The molecule has 0 saturated heterocycles. The summed E-state index contributed by atoms with van der Waals surface area (Å²) in [6.07, 6.45) is -0.580. The molecule has 134 valence electrons. The lowest BCUT2D eigenvalue weighted by Crippen LogP contribution is -2.25. The number of hydrogen-bond acceptors (Lipinski definition) is 6. The molecule has 4 rings (SSSR count). The van der Waals surface area contributed by atoms with Crippen LogP contribution in [0.2, 0.25) is 0 Å². The number of ether oxygens (including phenoxy) is 4. The topological polar surface area (TPSA) is 69.6 Å². The summed E-state index contributed by atoms with van der Waals surface area (Å²) in [5.41, 5.74) is 1.92. The minimum absolute atomic E-state index is 0.103. The van der Waals surface area contributed by atoms with E-state index in [1.807, 2.05) is 31.2 Å². The average Bonchev–Trinajstić information content (AvgIpc) is 3.26. The first kappa shape index (κ1) is 16.3. The Bertz CT molecular complexity index is 880. The van der Waals surface area contributed by atoms with Crippen LogP contribution in [-0.2, 0) is 9.53 Å². The lowest BCUT2D eigenvalue weighted by Gasteiger charge is -2.20. The number of aryl methyl sites for hydroxylation is 1. The van der Waals surface area contributed by atoms with Gasteiger partial charge in [0.1, 0.15) is 5.75 Å². The van der Waals surface area contributed by atoms with Gasteiger partial charge >= 0.3 is 0 Å². The number of carbonyl (C=O) groups is 1. The molecule has 2 aliphatic heterocycles. The van der Waals surface area contributed by atoms with E-state index in [2.05, 4.69) is 5.10 Å². The number of rotatable bonds is 4. The minimum Gasteiger partial charge on any atom is -0.484 e. The van der Waals surface area contributed by atoms with Gasteiger partial charge in [-0.25, -0.2) is 0 Å². The van der Waals surface area contributed by atoms with E-state index in [9.17, 15) is 4.79 Å². The summed E-state index contributed by atoms with van der Waals surface area (Å²) in [6, 6.07) is 13.1. The minimum atomic E-state index is -0.580. The largest absolute Gasteiger partial charge is 0.484 e. The van der Waals surface area contributed by atoms with Crippen molar-refractivity contribution in [3.05, 3.63) is 53.6 Å². The molecule has 0 spiro atoms. The van der Waals surface area contributed by atoms with E-state index in [1.54, 1.807) is 18.2 Å². The first-order chi connectivity index (χ1) is 12.6. The fourth-order valence-electron chi connectivity index (χ4n) is 2.84. The van der Waals surface area contributed by atoms with Crippen LogP contribution in [0.1, 0.15) is 24.3 Å². The molecule has 0 radical (unpaired) electrons. The molecule has 2 aromatic carbocycles. The van der Waals surface area contributed by atoms with E-state index in [1.165, 1.54) is 11.9 Å². The van der Waals surface area contributed by atoms with Crippen LogP contribution in [0.4, 0.5) is 0 Å². The molecule has 0 fully saturated rings. The van der Waals surface area contributed by atoms with Gasteiger partial charge in [-0.3, -0.25) is 4.79 Å². The van der Waals surface area contributed by atoms with Crippen LogP contribution >= 0.6 is 0 Å². The molecular weight excluding hydrogens is 336 g/mol. The Labute approximate surface area is 150 Å². The summed E-state index contributed by atoms with van der Waals surface area (Å²) in [5.74, 6) is 2.07. The number of fused-ring (bicyclic) bond motifs is 1. The van der Waals surface area contributed by atoms with Crippen molar-refractivity contribution in [1.82, 2.24) is 5.01 Å². The van der Waals surface area contributed by atoms with Crippen LogP contribution in [0.25, 0.3) is 0 Å². The predicted octanol–water partition coefficient (Wildman–Crippen LogP) is 2.99. The van der Waals surface area contributed by atoms with E-state index in [0.29, 0.717) is 23.1 Å². The van der Waals surface area contributed by atoms with E-state index in [4.69, 9.17) is 18.9 Å². The lowest BCUT2D eigenvalue weighted by atomic mass is 10.1. The van der Waals surface area contributed by atoms with Gasteiger partial charge in [-0.05, 0) is 24.6 Å². The van der Waals surface area contributed by atoms with Gasteiger partial charge in [0.25, 0.3) is 0 Å². The third-order valence-corrected chi connectivity index (χ3v) is 4.17. The number of amides is 1. The Hall–Kier alpha value is -3.22. The molecule has 2 aliphatic rings. The highest BCUT2D eigenvalue weighted by molar-refractivity contribution is 5.83. The quantitative estimate of drug-likeness (QED) is 0.844. The first-order valence-corrected chi connectivity index (χ1v) is 8.24. The van der Waals surface area contributed by atoms with Gasteiger partial charge in [-0.1, -0.05) is 24.3 Å². The molecular formula is C19H18N2O5. The number of benzene rings is 2. The third-order valence-electron chi connectivity index (χ3n) is 4.17. The Morgan fingerprint density at radius 2 is 2.04 bits per heavy atom. The third kappa shape index (κ3) is 3.03. The van der Waals surface area contributed by atoms with Crippen LogP contribution in [0.15, 0.2) is 47.6 Å². The van der Waals surface area contributed by atoms with Crippen molar-refractivity contribution in [1.29, 1.82) is 0 Å². The molecule has 2 aromatic rings. The number of carbonyl (C=O) groups excluding carboxylic acids is 1.